The van der Waals surface area contributed by atoms with Crippen LogP contribution in [0.2, 0.25) is 0 Å². The van der Waals surface area contributed by atoms with Crippen molar-refractivity contribution in [1.82, 2.24) is 10.1 Å². The summed E-state index contributed by atoms with van der Waals surface area (Å²) in [6.07, 6.45) is 0.638. The molecule has 2 atom stereocenters. The summed E-state index contributed by atoms with van der Waals surface area (Å²) < 4.78 is 10.5. The molecule has 5 nitrogen and oxygen atoms in total. The molecule has 0 radical (unpaired) electrons. The van der Waals surface area contributed by atoms with Crippen LogP contribution in [0.25, 0.3) is 0 Å². The van der Waals surface area contributed by atoms with Gasteiger partial charge in [0, 0.05) is 18.6 Å². The molecule has 78 valence electrons. The van der Waals surface area contributed by atoms with Crippen LogP contribution in [0.5, 0.6) is 0 Å². The van der Waals surface area contributed by atoms with Crippen LogP contribution in [-0.2, 0) is 4.74 Å². The number of nitrogens with zero attached hydrogens (tertiary/aromatic N) is 2. The minimum absolute atomic E-state index is 0.0181. The number of hydrogen-bond acceptors (Lipinski definition) is 5. The van der Waals surface area contributed by atoms with E-state index < -0.39 is 0 Å². The molecular formula is C9H15N3O2. The Hall–Kier alpha value is -0.940. The lowest BCUT2D eigenvalue weighted by Crippen LogP contribution is -2.23. The molecule has 1 aliphatic rings. The van der Waals surface area contributed by atoms with Gasteiger partial charge in [0.1, 0.15) is 0 Å². The summed E-state index contributed by atoms with van der Waals surface area (Å²) in [7, 11) is 0. The third-order valence-corrected chi connectivity index (χ3v) is 2.35. The van der Waals surface area contributed by atoms with Crippen molar-refractivity contribution in [1.29, 1.82) is 0 Å². The molecule has 2 heterocycles. The summed E-state index contributed by atoms with van der Waals surface area (Å²) >= 11 is 0. The SMILES string of the molecule is CC(C)c1noc([C@@H]2OCC[C@H]2N)n1. The maximum atomic E-state index is 5.84. The van der Waals surface area contributed by atoms with Gasteiger partial charge < -0.3 is 15.0 Å². The third-order valence-electron chi connectivity index (χ3n) is 2.35. The van der Waals surface area contributed by atoms with Crippen LogP contribution in [0, 0.1) is 0 Å². The zero-order valence-electron chi connectivity index (χ0n) is 8.43. The van der Waals surface area contributed by atoms with Gasteiger partial charge in [-0.05, 0) is 6.42 Å². The van der Waals surface area contributed by atoms with Crippen molar-refractivity contribution in [3.8, 4) is 0 Å². The van der Waals surface area contributed by atoms with Gasteiger partial charge in [0.05, 0.1) is 0 Å². The fraction of sp³-hybridized carbons (Fsp3) is 0.778. The molecule has 0 bridgehead atoms. The second-order valence-electron chi connectivity index (χ2n) is 3.89. The summed E-state index contributed by atoms with van der Waals surface area (Å²) in [6, 6.07) is -0.0181. The molecule has 1 aliphatic heterocycles. The number of hydrogen-bond donors (Lipinski definition) is 1. The van der Waals surface area contributed by atoms with Gasteiger partial charge in [-0.1, -0.05) is 19.0 Å². The van der Waals surface area contributed by atoms with Crippen LogP contribution in [0.3, 0.4) is 0 Å². The summed E-state index contributed by atoms with van der Waals surface area (Å²) in [5.41, 5.74) is 5.84. The first kappa shape index (κ1) is 9.61. The maximum Gasteiger partial charge on any atom is 0.257 e. The number of aromatic nitrogens is 2. The van der Waals surface area contributed by atoms with E-state index in [9.17, 15) is 0 Å². The van der Waals surface area contributed by atoms with Crippen LogP contribution in [0.1, 0.15) is 44.0 Å². The normalized spacial score (nSPS) is 27.4. The molecule has 1 aromatic heterocycles. The summed E-state index contributed by atoms with van der Waals surface area (Å²) in [5, 5.41) is 3.87. The molecule has 0 aliphatic carbocycles. The summed E-state index contributed by atoms with van der Waals surface area (Å²) in [6.45, 7) is 4.71. The largest absolute Gasteiger partial charge is 0.367 e. The van der Waals surface area contributed by atoms with E-state index in [4.69, 9.17) is 15.0 Å². The van der Waals surface area contributed by atoms with Gasteiger partial charge >= 0.3 is 0 Å². The second-order valence-corrected chi connectivity index (χ2v) is 3.89. The van der Waals surface area contributed by atoms with E-state index in [1.165, 1.54) is 0 Å². The van der Waals surface area contributed by atoms with Crippen molar-refractivity contribution in [3.05, 3.63) is 11.7 Å². The van der Waals surface area contributed by atoms with E-state index in [0.717, 1.165) is 6.42 Å². The number of ether oxygens (including phenoxy) is 1. The monoisotopic (exact) mass is 197 g/mol. The molecule has 0 amide bonds. The van der Waals surface area contributed by atoms with Gasteiger partial charge in [-0.3, -0.25) is 0 Å². The van der Waals surface area contributed by atoms with Crippen LogP contribution in [-0.4, -0.2) is 22.8 Å². The summed E-state index contributed by atoms with van der Waals surface area (Å²) in [5.74, 6) is 1.49. The van der Waals surface area contributed by atoms with E-state index in [1.807, 2.05) is 13.8 Å². The summed E-state index contributed by atoms with van der Waals surface area (Å²) in [4.78, 5) is 4.26. The lowest BCUT2D eigenvalue weighted by atomic mass is 10.1. The first-order valence-corrected chi connectivity index (χ1v) is 4.89. The predicted molar refractivity (Wildman–Crippen MR) is 49.7 cm³/mol. The first-order valence-electron chi connectivity index (χ1n) is 4.89. The van der Waals surface area contributed by atoms with Gasteiger partial charge in [0.25, 0.3) is 5.89 Å². The van der Waals surface area contributed by atoms with E-state index in [0.29, 0.717) is 18.3 Å². The van der Waals surface area contributed by atoms with E-state index in [-0.39, 0.29) is 18.1 Å². The lowest BCUT2D eigenvalue weighted by Gasteiger charge is -2.08. The molecule has 0 unspecified atom stereocenters. The van der Waals surface area contributed by atoms with Crippen LogP contribution in [0.4, 0.5) is 0 Å². The average Bonchev–Trinajstić information content (AvgIpc) is 2.71. The molecule has 2 rings (SSSR count). The fourth-order valence-electron chi connectivity index (χ4n) is 1.46. The highest BCUT2D eigenvalue weighted by atomic mass is 16.5. The van der Waals surface area contributed by atoms with Crippen molar-refractivity contribution in [2.24, 2.45) is 5.73 Å². The lowest BCUT2D eigenvalue weighted by molar-refractivity contribution is 0.0767. The van der Waals surface area contributed by atoms with Crippen molar-refractivity contribution in [3.63, 3.8) is 0 Å². The van der Waals surface area contributed by atoms with Gasteiger partial charge in [-0.15, -0.1) is 0 Å². The Morgan fingerprint density at radius 2 is 2.29 bits per heavy atom. The Labute approximate surface area is 82.6 Å². The van der Waals surface area contributed by atoms with Gasteiger partial charge in [0.2, 0.25) is 0 Å². The van der Waals surface area contributed by atoms with E-state index in [1.54, 1.807) is 0 Å². The molecule has 0 saturated carbocycles. The second kappa shape index (κ2) is 3.67. The topological polar surface area (TPSA) is 74.2 Å². The molecule has 1 fully saturated rings. The Balaban J connectivity index is 2.16. The van der Waals surface area contributed by atoms with Crippen molar-refractivity contribution in [2.45, 2.75) is 38.3 Å². The van der Waals surface area contributed by atoms with E-state index >= 15 is 0 Å². The highest BCUT2D eigenvalue weighted by molar-refractivity contribution is 4.98. The smallest absolute Gasteiger partial charge is 0.257 e. The Morgan fingerprint density at radius 3 is 2.79 bits per heavy atom. The molecule has 1 saturated heterocycles. The van der Waals surface area contributed by atoms with Gasteiger partial charge in [0.15, 0.2) is 11.9 Å². The zero-order chi connectivity index (χ0) is 10.1. The molecule has 2 N–H and O–H groups in total. The zero-order valence-corrected chi connectivity index (χ0v) is 8.43. The molecule has 1 aromatic rings. The highest BCUT2D eigenvalue weighted by Crippen LogP contribution is 2.27. The predicted octanol–water partition coefficient (Wildman–Crippen LogP) is 0.982. The molecule has 14 heavy (non-hydrogen) atoms. The van der Waals surface area contributed by atoms with Crippen LogP contribution in [0.15, 0.2) is 4.52 Å². The number of rotatable bonds is 2. The Morgan fingerprint density at radius 1 is 1.50 bits per heavy atom. The van der Waals surface area contributed by atoms with Crippen LogP contribution >= 0.6 is 0 Å². The molecule has 5 heteroatoms. The minimum atomic E-state index is -0.213. The minimum Gasteiger partial charge on any atom is -0.367 e. The van der Waals surface area contributed by atoms with Crippen molar-refractivity contribution in [2.75, 3.05) is 6.61 Å². The van der Waals surface area contributed by atoms with Crippen LogP contribution < -0.4 is 5.73 Å². The Bertz CT molecular complexity index is 311. The van der Waals surface area contributed by atoms with E-state index in [2.05, 4.69) is 10.1 Å². The first-order chi connectivity index (χ1) is 6.68. The third kappa shape index (κ3) is 1.65. The van der Waals surface area contributed by atoms with Crippen molar-refractivity contribution < 1.29 is 9.26 Å². The standard InChI is InChI=1S/C9H15N3O2/c1-5(2)8-11-9(14-12-8)7-6(10)3-4-13-7/h5-7H,3-4,10H2,1-2H3/t6-,7-/m1/s1. The van der Waals surface area contributed by atoms with Gasteiger partial charge in [-0.2, -0.15) is 4.98 Å². The van der Waals surface area contributed by atoms with Crippen molar-refractivity contribution >= 4 is 0 Å². The molecule has 0 aromatic carbocycles. The van der Waals surface area contributed by atoms with Gasteiger partial charge in [-0.25, -0.2) is 0 Å². The quantitative estimate of drug-likeness (QED) is 0.765. The molecular weight excluding hydrogens is 182 g/mol. The molecule has 0 spiro atoms. The fourth-order valence-corrected chi connectivity index (χ4v) is 1.46. The average molecular weight is 197 g/mol. The highest BCUT2D eigenvalue weighted by Gasteiger charge is 2.31. The Kier molecular flexibility index (Phi) is 2.52. The maximum absolute atomic E-state index is 5.84. The number of nitrogens with two attached hydrogens (primary N) is 1.